The molecule has 26 heavy (non-hydrogen) atoms. The highest BCUT2D eigenvalue weighted by Crippen LogP contribution is 2.22. The molecule has 0 aromatic heterocycles. The van der Waals surface area contributed by atoms with Gasteiger partial charge in [0, 0.05) is 5.56 Å². The Labute approximate surface area is 155 Å². The van der Waals surface area contributed by atoms with Gasteiger partial charge in [-0.1, -0.05) is 0 Å². The summed E-state index contributed by atoms with van der Waals surface area (Å²) in [4.78, 5) is 24.7. The van der Waals surface area contributed by atoms with Gasteiger partial charge >= 0.3 is 5.97 Å². The van der Waals surface area contributed by atoms with Crippen LogP contribution in [0.2, 0.25) is 0 Å². The minimum Gasteiger partial charge on any atom is -0.491 e. The van der Waals surface area contributed by atoms with E-state index in [1.165, 1.54) is 5.56 Å². The molecule has 0 spiro atoms. The zero-order valence-electron chi connectivity index (χ0n) is 16.3. The number of ether oxygens (including phenoxy) is 2. The summed E-state index contributed by atoms with van der Waals surface area (Å²) in [5.74, 6) is -0.0247. The van der Waals surface area contributed by atoms with E-state index in [1.54, 1.807) is 24.3 Å². The third-order valence-corrected chi connectivity index (χ3v) is 4.58. The lowest BCUT2D eigenvalue weighted by Crippen LogP contribution is -2.16. The van der Waals surface area contributed by atoms with Crippen LogP contribution in [-0.2, 0) is 4.74 Å². The number of carbonyl (C=O) groups excluding carboxylic acids is 2. The molecule has 0 aliphatic carbocycles. The van der Waals surface area contributed by atoms with Crippen LogP contribution >= 0.6 is 0 Å². The molecule has 138 valence electrons. The Balaban J connectivity index is 2.04. The second-order valence-corrected chi connectivity index (χ2v) is 6.81. The van der Waals surface area contributed by atoms with Gasteiger partial charge in [-0.3, -0.25) is 4.79 Å². The normalized spacial score (nSPS) is 10.7. The van der Waals surface area contributed by atoms with Gasteiger partial charge in [-0.15, -0.1) is 0 Å². The van der Waals surface area contributed by atoms with Crippen molar-refractivity contribution in [1.82, 2.24) is 0 Å². The summed E-state index contributed by atoms with van der Waals surface area (Å²) in [6, 6.07) is 8.57. The number of aryl methyl sites for hydroxylation is 1. The van der Waals surface area contributed by atoms with Crippen LogP contribution in [-0.4, -0.2) is 24.5 Å². The number of hydrogen-bond acceptors (Lipinski definition) is 4. The Hall–Kier alpha value is -2.62. The molecule has 0 atom stereocenters. The molecule has 4 nitrogen and oxygen atoms in total. The van der Waals surface area contributed by atoms with Crippen molar-refractivity contribution in [2.24, 2.45) is 0 Å². The molecule has 0 aliphatic rings. The maximum Gasteiger partial charge on any atom is 0.338 e. The van der Waals surface area contributed by atoms with Crippen molar-refractivity contribution in [1.29, 1.82) is 0 Å². The first kappa shape index (κ1) is 19.7. The second kappa shape index (κ2) is 8.17. The maximum absolute atomic E-state index is 12.5. The summed E-state index contributed by atoms with van der Waals surface area (Å²) < 4.78 is 10.7. The largest absolute Gasteiger partial charge is 0.491 e. The van der Waals surface area contributed by atoms with Crippen LogP contribution in [0.25, 0.3) is 0 Å². The number of carbonyl (C=O) groups is 2. The predicted octanol–water partition coefficient (Wildman–Crippen LogP) is 4.75. The highest BCUT2D eigenvalue weighted by atomic mass is 16.5. The quantitative estimate of drug-likeness (QED) is 0.555. The van der Waals surface area contributed by atoms with Gasteiger partial charge in [-0.05, 0) is 94.1 Å². The van der Waals surface area contributed by atoms with Crippen molar-refractivity contribution < 1.29 is 19.1 Å². The molecule has 2 rings (SSSR count). The van der Waals surface area contributed by atoms with Gasteiger partial charge in [-0.25, -0.2) is 4.79 Å². The van der Waals surface area contributed by atoms with Gasteiger partial charge in [0.2, 0.25) is 5.78 Å². The average molecular weight is 354 g/mol. The van der Waals surface area contributed by atoms with E-state index in [-0.39, 0.29) is 18.5 Å². The lowest BCUT2D eigenvalue weighted by Gasteiger charge is -2.14. The van der Waals surface area contributed by atoms with E-state index in [2.05, 4.69) is 0 Å². The Morgan fingerprint density at radius 3 is 2.12 bits per heavy atom. The first-order valence-electron chi connectivity index (χ1n) is 8.75. The van der Waals surface area contributed by atoms with Crippen LogP contribution in [0.5, 0.6) is 5.75 Å². The molecule has 0 heterocycles. The van der Waals surface area contributed by atoms with Gasteiger partial charge < -0.3 is 9.47 Å². The monoisotopic (exact) mass is 354 g/mol. The van der Waals surface area contributed by atoms with Crippen LogP contribution in [0, 0.1) is 27.7 Å². The van der Waals surface area contributed by atoms with Gasteiger partial charge in [0.05, 0.1) is 11.7 Å². The number of hydrogen-bond donors (Lipinski definition) is 0. The van der Waals surface area contributed by atoms with Crippen LogP contribution in [0.3, 0.4) is 0 Å². The van der Waals surface area contributed by atoms with Crippen molar-refractivity contribution in [3.63, 3.8) is 0 Å². The molecule has 0 amide bonds. The molecular weight excluding hydrogens is 328 g/mol. The molecule has 0 fully saturated rings. The first-order chi connectivity index (χ1) is 12.2. The van der Waals surface area contributed by atoms with E-state index < -0.39 is 5.97 Å². The van der Waals surface area contributed by atoms with Crippen molar-refractivity contribution >= 4 is 11.8 Å². The topological polar surface area (TPSA) is 52.6 Å². The predicted molar refractivity (Wildman–Crippen MR) is 102 cm³/mol. The number of esters is 1. The van der Waals surface area contributed by atoms with Crippen molar-refractivity contribution in [3.8, 4) is 5.75 Å². The number of rotatable bonds is 6. The van der Waals surface area contributed by atoms with Gasteiger partial charge in [0.25, 0.3) is 0 Å². The van der Waals surface area contributed by atoms with Crippen molar-refractivity contribution in [3.05, 3.63) is 63.7 Å². The van der Waals surface area contributed by atoms with Crippen molar-refractivity contribution in [2.75, 3.05) is 6.61 Å². The molecular formula is C22H26O4. The Morgan fingerprint density at radius 2 is 1.54 bits per heavy atom. The van der Waals surface area contributed by atoms with Gasteiger partial charge in [0.15, 0.2) is 6.61 Å². The third kappa shape index (κ3) is 4.51. The standard InChI is InChI=1S/C22H26O4/c1-13(2)26-19-9-7-18(8-10-19)22(24)25-12-21(23)20-11-14(3)15(4)16(5)17(20)6/h7-11,13H,12H2,1-6H3. The van der Waals surface area contributed by atoms with Crippen molar-refractivity contribution in [2.45, 2.75) is 47.6 Å². The zero-order valence-corrected chi connectivity index (χ0v) is 16.3. The van der Waals surface area contributed by atoms with Crippen LogP contribution < -0.4 is 4.74 Å². The minimum absolute atomic E-state index is 0.0649. The number of ketones is 1. The minimum atomic E-state index is -0.521. The number of benzene rings is 2. The zero-order chi connectivity index (χ0) is 19.4. The summed E-state index contributed by atoms with van der Waals surface area (Å²) in [6.07, 6.45) is 0.0649. The molecule has 0 bridgehead atoms. The third-order valence-electron chi connectivity index (χ3n) is 4.58. The summed E-state index contributed by atoms with van der Waals surface area (Å²) >= 11 is 0. The molecule has 0 radical (unpaired) electrons. The van der Waals surface area contributed by atoms with Crippen LogP contribution in [0.15, 0.2) is 30.3 Å². The Morgan fingerprint density at radius 1 is 0.923 bits per heavy atom. The van der Waals surface area contributed by atoms with E-state index in [9.17, 15) is 9.59 Å². The summed E-state index contributed by atoms with van der Waals surface area (Å²) in [5.41, 5.74) is 5.27. The van der Waals surface area contributed by atoms with E-state index in [4.69, 9.17) is 9.47 Å². The highest BCUT2D eigenvalue weighted by molar-refractivity contribution is 6.01. The fourth-order valence-corrected chi connectivity index (χ4v) is 2.74. The average Bonchev–Trinajstić information content (AvgIpc) is 2.60. The molecule has 0 saturated carbocycles. The summed E-state index contributed by atoms with van der Waals surface area (Å²) in [6.45, 7) is 11.5. The summed E-state index contributed by atoms with van der Waals surface area (Å²) in [5, 5.41) is 0. The van der Waals surface area contributed by atoms with Crippen LogP contribution in [0.4, 0.5) is 0 Å². The van der Waals surface area contributed by atoms with E-state index in [1.807, 2.05) is 47.6 Å². The molecule has 2 aromatic carbocycles. The SMILES string of the molecule is Cc1cc(C(=O)COC(=O)c2ccc(OC(C)C)cc2)c(C)c(C)c1C. The van der Waals surface area contributed by atoms with E-state index >= 15 is 0 Å². The van der Waals surface area contributed by atoms with E-state index in [0.717, 1.165) is 16.7 Å². The highest BCUT2D eigenvalue weighted by Gasteiger charge is 2.16. The van der Waals surface area contributed by atoms with Crippen LogP contribution in [0.1, 0.15) is 56.8 Å². The van der Waals surface area contributed by atoms with E-state index in [0.29, 0.717) is 16.9 Å². The molecule has 0 N–H and O–H groups in total. The summed E-state index contributed by atoms with van der Waals surface area (Å²) in [7, 11) is 0. The lowest BCUT2D eigenvalue weighted by atomic mass is 9.93. The van der Waals surface area contributed by atoms with Gasteiger partial charge in [0.1, 0.15) is 5.75 Å². The maximum atomic E-state index is 12.5. The Bertz CT molecular complexity index is 817. The number of Topliss-reactive ketones (excluding diaryl/α,β-unsaturated/α-hetero) is 1. The molecule has 0 aliphatic heterocycles. The lowest BCUT2D eigenvalue weighted by molar-refractivity contribution is 0.0474. The second-order valence-electron chi connectivity index (χ2n) is 6.81. The molecule has 4 heteroatoms. The fourth-order valence-electron chi connectivity index (χ4n) is 2.74. The molecule has 0 saturated heterocycles. The fraction of sp³-hybridized carbons (Fsp3) is 0.364. The molecule has 0 unspecified atom stereocenters. The smallest absolute Gasteiger partial charge is 0.338 e. The first-order valence-corrected chi connectivity index (χ1v) is 8.75. The molecule has 2 aromatic rings. The van der Waals surface area contributed by atoms with Gasteiger partial charge in [-0.2, -0.15) is 0 Å². The Kier molecular flexibility index (Phi) is 6.19.